The molecule has 27 heavy (non-hydrogen) atoms. The van der Waals surface area contributed by atoms with Crippen molar-refractivity contribution in [1.82, 2.24) is 15.5 Å². The van der Waals surface area contributed by atoms with Crippen LogP contribution in [0, 0.1) is 5.82 Å². The van der Waals surface area contributed by atoms with Crippen molar-refractivity contribution in [2.45, 2.75) is 13.0 Å². The maximum Gasteiger partial charge on any atom is 0.269 e. The van der Waals surface area contributed by atoms with Gasteiger partial charge in [0.05, 0.1) is 18.8 Å². The van der Waals surface area contributed by atoms with Gasteiger partial charge in [0.1, 0.15) is 18.1 Å². The van der Waals surface area contributed by atoms with Crippen LogP contribution < -0.4 is 14.8 Å². The van der Waals surface area contributed by atoms with E-state index in [4.69, 9.17) is 9.47 Å². The molecule has 0 aliphatic heterocycles. The van der Waals surface area contributed by atoms with Crippen LogP contribution in [0.3, 0.4) is 0 Å². The predicted molar refractivity (Wildman–Crippen MR) is 99.4 cm³/mol. The second-order valence-electron chi connectivity index (χ2n) is 6.01. The van der Waals surface area contributed by atoms with Crippen LogP contribution in [0.25, 0.3) is 11.3 Å². The molecule has 3 aromatic rings. The van der Waals surface area contributed by atoms with Crippen molar-refractivity contribution in [3.63, 3.8) is 0 Å². The quantitative estimate of drug-likeness (QED) is 0.669. The summed E-state index contributed by atoms with van der Waals surface area (Å²) in [6.45, 7) is 2.12. The maximum atomic E-state index is 13.0. The summed E-state index contributed by atoms with van der Waals surface area (Å²) in [7, 11) is 1.57. The first kappa shape index (κ1) is 18.4. The minimum Gasteiger partial charge on any atom is -0.493 e. The molecule has 1 atom stereocenters. The van der Waals surface area contributed by atoms with E-state index in [0.717, 1.165) is 5.56 Å². The number of halogens is 1. The Bertz CT molecular complexity index is 909. The molecule has 2 N–H and O–H groups in total. The molecule has 0 fully saturated rings. The Morgan fingerprint density at radius 2 is 1.89 bits per heavy atom. The number of amides is 1. The highest BCUT2D eigenvalue weighted by atomic mass is 19.1. The van der Waals surface area contributed by atoms with Crippen LogP contribution in [0.4, 0.5) is 4.39 Å². The lowest BCUT2D eigenvalue weighted by Crippen LogP contribution is -2.37. The van der Waals surface area contributed by atoms with Gasteiger partial charge in [-0.05, 0) is 49.4 Å². The lowest BCUT2D eigenvalue weighted by atomic mass is 10.1. The molecule has 1 amide bonds. The third-order valence-corrected chi connectivity index (χ3v) is 3.90. The van der Waals surface area contributed by atoms with Gasteiger partial charge in [-0.2, -0.15) is 5.10 Å². The number of carbonyl (C=O) groups excluding carboxylic acids is 1. The summed E-state index contributed by atoms with van der Waals surface area (Å²) in [6, 6.07) is 14.6. The van der Waals surface area contributed by atoms with Crippen LogP contribution in [0.15, 0.2) is 54.6 Å². The number of aromatic nitrogens is 2. The molecule has 0 saturated carbocycles. The zero-order valence-corrected chi connectivity index (χ0v) is 15.0. The molecule has 0 aliphatic carbocycles. The molecule has 0 bridgehead atoms. The Morgan fingerprint density at radius 3 is 2.59 bits per heavy atom. The maximum absolute atomic E-state index is 13.0. The highest BCUT2D eigenvalue weighted by Crippen LogP contribution is 2.25. The third-order valence-electron chi connectivity index (χ3n) is 3.90. The van der Waals surface area contributed by atoms with Gasteiger partial charge in [-0.3, -0.25) is 9.89 Å². The van der Waals surface area contributed by atoms with Gasteiger partial charge in [-0.15, -0.1) is 0 Å². The van der Waals surface area contributed by atoms with Crippen LogP contribution in [0.5, 0.6) is 11.5 Å². The van der Waals surface area contributed by atoms with Gasteiger partial charge in [-0.1, -0.05) is 12.1 Å². The third kappa shape index (κ3) is 4.63. The Kier molecular flexibility index (Phi) is 5.71. The molecule has 1 aromatic heterocycles. The molecule has 0 unspecified atom stereocenters. The molecule has 0 spiro atoms. The summed E-state index contributed by atoms with van der Waals surface area (Å²) < 4.78 is 24.0. The van der Waals surface area contributed by atoms with Crippen LogP contribution in [0.1, 0.15) is 17.4 Å². The van der Waals surface area contributed by atoms with E-state index in [1.54, 1.807) is 37.4 Å². The molecule has 6 nitrogen and oxygen atoms in total. The van der Waals surface area contributed by atoms with Crippen LogP contribution in [0.2, 0.25) is 0 Å². The zero-order valence-electron chi connectivity index (χ0n) is 15.0. The van der Waals surface area contributed by atoms with E-state index in [1.165, 1.54) is 12.1 Å². The summed E-state index contributed by atoms with van der Waals surface area (Å²) in [5, 5.41) is 9.65. The molecular formula is C20H20FN3O3. The number of hydrogen-bond donors (Lipinski definition) is 2. The van der Waals surface area contributed by atoms with Crippen LogP contribution in [-0.4, -0.2) is 35.9 Å². The number of para-hydroxylation sites is 2. The number of nitrogens with zero attached hydrogens (tertiary/aromatic N) is 1. The minimum atomic E-state index is -0.323. The van der Waals surface area contributed by atoms with E-state index in [2.05, 4.69) is 15.5 Å². The van der Waals surface area contributed by atoms with Crippen molar-refractivity contribution in [3.05, 3.63) is 66.1 Å². The van der Waals surface area contributed by atoms with Crippen molar-refractivity contribution in [2.75, 3.05) is 13.7 Å². The molecule has 2 aromatic carbocycles. The Hall–Kier alpha value is -3.35. The molecular weight excluding hydrogens is 349 g/mol. The second kappa shape index (κ2) is 8.35. The van der Waals surface area contributed by atoms with Crippen molar-refractivity contribution < 1.29 is 18.7 Å². The summed E-state index contributed by atoms with van der Waals surface area (Å²) in [5.41, 5.74) is 1.61. The first-order valence-corrected chi connectivity index (χ1v) is 8.45. The summed E-state index contributed by atoms with van der Waals surface area (Å²) in [4.78, 5) is 12.4. The Morgan fingerprint density at radius 1 is 1.19 bits per heavy atom. The predicted octanol–water partition coefficient (Wildman–Crippen LogP) is 3.42. The highest BCUT2D eigenvalue weighted by molar-refractivity contribution is 5.93. The SMILES string of the molecule is COc1ccccc1OC[C@H](C)NC(=O)c1cc(-c2ccc(F)cc2)n[nH]1. The fourth-order valence-electron chi connectivity index (χ4n) is 2.50. The summed E-state index contributed by atoms with van der Waals surface area (Å²) in [6.07, 6.45) is 0. The van der Waals surface area contributed by atoms with Gasteiger partial charge in [0.15, 0.2) is 11.5 Å². The molecule has 0 aliphatic rings. The van der Waals surface area contributed by atoms with E-state index in [-0.39, 0.29) is 24.4 Å². The second-order valence-corrected chi connectivity index (χ2v) is 6.01. The number of nitrogens with one attached hydrogen (secondary N) is 2. The lowest BCUT2D eigenvalue weighted by Gasteiger charge is -2.16. The number of ether oxygens (including phenoxy) is 2. The van der Waals surface area contributed by atoms with Gasteiger partial charge in [0.2, 0.25) is 0 Å². The Labute approximate surface area is 156 Å². The van der Waals surface area contributed by atoms with E-state index >= 15 is 0 Å². The average molecular weight is 369 g/mol. The molecule has 1 heterocycles. The number of H-pyrrole nitrogens is 1. The van der Waals surface area contributed by atoms with Gasteiger partial charge in [0.25, 0.3) is 5.91 Å². The highest BCUT2D eigenvalue weighted by Gasteiger charge is 2.14. The van der Waals surface area contributed by atoms with E-state index in [0.29, 0.717) is 22.9 Å². The van der Waals surface area contributed by atoms with Crippen molar-refractivity contribution in [1.29, 1.82) is 0 Å². The van der Waals surface area contributed by atoms with Crippen molar-refractivity contribution in [3.8, 4) is 22.8 Å². The first-order chi connectivity index (χ1) is 13.1. The summed E-state index contributed by atoms with van der Waals surface area (Å²) >= 11 is 0. The van der Waals surface area contributed by atoms with Crippen molar-refractivity contribution in [2.24, 2.45) is 0 Å². The number of carbonyl (C=O) groups is 1. The molecule has 0 radical (unpaired) electrons. The van der Waals surface area contributed by atoms with Gasteiger partial charge in [0, 0.05) is 5.56 Å². The molecule has 3 rings (SSSR count). The van der Waals surface area contributed by atoms with E-state index in [9.17, 15) is 9.18 Å². The number of aromatic amines is 1. The minimum absolute atomic E-state index is 0.236. The molecule has 0 saturated heterocycles. The van der Waals surface area contributed by atoms with Crippen LogP contribution >= 0.6 is 0 Å². The average Bonchev–Trinajstić information content (AvgIpc) is 3.17. The number of methoxy groups -OCH3 is 1. The lowest BCUT2D eigenvalue weighted by molar-refractivity contribution is 0.0921. The smallest absolute Gasteiger partial charge is 0.269 e. The normalized spacial score (nSPS) is 11.7. The van der Waals surface area contributed by atoms with Gasteiger partial charge in [-0.25, -0.2) is 4.39 Å². The van der Waals surface area contributed by atoms with Gasteiger partial charge < -0.3 is 14.8 Å². The van der Waals surface area contributed by atoms with Crippen LogP contribution in [-0.2, 0) is 0 Å². The largest absolute Gasteiger partial charge is 0.493 e. The zero-order chi connectivity index (χ0) is 19.2. The topological polar surface area (TPSA) is 76.2 Å². The monoisotopic (exact) mass is 369 g/mol. The van der Waals surface area contributed by atoms with Gasteiger partial charge >= 0.3 is 0 Å². The number of hydrogen-bond acceptors (Lipinski definition) is 4. The van der Waals surface area contributed by atoms with E-state index < -0.39 is 0 Å². The van der Waals surface area contributed by atoms with E-state index in [1.807, 2.05) is 19.1 Å². The fourth-order valence-corrected chi connectivity index (χ4v) is 2.50. The molecule has 7 heteroatoms. The Balaban J connectivity index is 1.57. The standard InChI is InChI=1S/C20H20FN3O3/c1-13(12-27-19-6-4-3-5-18(19)26-2)22-20(25)17-11-16(23-24-17)14-7-9-15(21)10-8-14/h3-11,13H,12H2,1-2H3,(H,22,25)(H,23,24)/t13-/m0/s1. The summed E-state index contributed by atoms with van der Waals surface area (Å²) in [5.74, 6) is 0.623. The first-order valence-electron chi connectivity index (χ1n) is 8.45. The number of benzene rings is 2. The van der Waals surface area contributed by atoms with Crippen molar-refractivity contribution >= 4 is 5.91 Å². The number of rotatable bonds is 7. The fraction of sp³-hybridized carbons (Fsp3) is 0.200. The molecule has 140 valence electrons.